The van der Waals surface area contributed by atoms with Crippen LogP contribution < -0.4 is 10.6 Å². The van der Waals surface area contributed by atoms with Crippen molar-refractivity contribution in [2.75, 3.05) is 18.0 Å². The third-order valence-electron chi connectivity index (χ3n) is 4.35. The Balaban J connectivity index is 2.23. The van der Waals surface area contributed by atoms with Crippen molar-refractivity contribution in [3.8, 4) is 0 Å². The van der Waals surface area contributed by atoms with Crippen LogP contribution in [0.15, 0.2) is 18.2 Å². The van der Waals surface area contributed by atoms with E-state index in [9.17, 15) is 0 Å². The molecule has 1 aromatic carbocycles. The first-order chi connectivity index (χ1) is 9.26. The zero-order valence-electron chi connectivity index (χ0n) is 12.5. The Kier molecular flexibility index (Phi) is 5.26. The van der Waals surface area contributed by atoms with Crippen molar-refractivity contribution in [1.82, 2.24) is 0 Å². The monoisotopic (exact) mass is 260 g/mol. The Morgan fingerprint density at radius 2 is 2.11 bits per heavy atom. The summed E-state index contributed by atoms with van der Waals surface area (Å²) >= 11 is 0. The number of hydrogen-bond acceptors (Lipinski definition) is 2. The van der Waals surface area contributed by atoms with E-state index in [1.807, 2.05) is 0 Å². The molecule has 1 fully saturated rings. The number of aryl methyl sites for hydroxylation is 1. The number of rotatable bonds is 4. The van der Waals surface area contributed by atoms with Gasteiger partial charge in [-0.1, -0.05) is 31.9 Å². The van der Waals surface area contributed by atoms with Gasteiger partial charge in [0.05, 0.1) is 0 Å². The fourth-order valence-electron chi connectivity index (χ4n) is 3.28. The Hall–Kier alpha value is -1.02. The van der Waals surface area contributed by atoms with Crippen LogP contribution in [0.2, 0.25) is 0 Å². The molecule has 106 valence electrons. The Morgan fingerprint density at radius 3 is 2.79 bits per heavy atom. The topological polar surface area (TPSA) is 29.3 Å². The molecule has 1 aliphatic rings. The molecule has 1 saturated heterocycles. The molecule has 0 bridgehead atoms. The van der Waals surface area contributed by atoms with Gasteiger partial charge in [0.2, 0.25) is 0 Å². The minimum Gasteiger partial charge on any atom is -0.368 e. The lowest BCUT2D eigenvalue weighted by Gasteiger charge is -2.33. The van der Waals surface area contributed by atoms with Gasteiger partial charge >= 0.3 is 0 Å². The smallest absolute Gasteiger partial charge is 0.0398 e. The van der Waals surface area contributed by atoms with E-state index in [4.69, 9.17) is 5.73 Å². The molecular weight excluding hydrogens is 232 g/mol. The van der Waals surface area contributed by atoms with Crippen molar-refractivity contribution in [2.24, 2.45) is 5.73 Å². The standard InChI is InChI=1S/C17H28N2/c1-3-16-7-5-4-6-12-19(16)17-9-8-15(10-11-18)13-14(17)2/h8-9,13,16H,3-7,10-12,18H2,1-2H3. The number of nitrogens with two attached hydrogens (primary N) is 1. The van der Waals surface area contributed by atoms with Crippen LogP contribution in [0.4, 0.5) is 5.69 Å². The quantitative estimate of drug-likeness (QED) is 0.895. The van der Waals surface area contributed by atoms with E-state index < -0.39 is 0 Å². The summed E-state index contributed by atoms with van der Waals surface area (Å²) in [5.41, 5.74) is 9.86. The van der Waals surface area contributed by atoms with E-state index in [2.05, 4.69) is 36.9 Å². The highest BCUT2D eigenvalue weighted by atomic mass is 15.2. The molecule has 2 N–H and O–H groups in total. The number of benzene rings is 1. The lowest BCUT2D eigenvalue weighted by molar-refractivity contribution is 0.555. The van der Waals surface area contributed by atoms with Gasteiger partial charge in [0, 0.05) is 18.3 Å². The molecule has 2 rings (SSSR count). The molecule has 1 aliphatic heterocycles. The highest BCUT2D eigenvalue weighted by molar-refractivity contribution is 5.55. The van der Waals surface area contributed by atoms with Gasteiger partial charge in [0.1, 0.15) is 0 Å². The summed E-state index contributed by atoms with van der Waals surface area (Å²) in [6, 6.07) is 7.61. The zero-order chi connectivity index (χ0) is 13.7. The normalized spacial score (nSPS) is 20.4. The minimum atomic E-state index is 0.724. The van der Waals surface area contributed by atoms with Crippen molar-refractivity contribution in [3.63, 3.8) is 0 Å². The van der Waals surface area contributed by atoms with Crippen LogP contribution in [0.5, 0.6) is 0 Å². The summed E-state index contributed by atoms with van der Waals surface area (Å²) in [6.45, 7) is 6.52. The third kappa shape index (κ3) is 3.50. The number of hydrogen-bond donors (Lipinski definition) is 1. The first kappa shape index (κ1) is 14.4. The van der Waals surface area contributed by atoms with Crippen LogP contribution in [0.1, 0.15) is 50.2 Å². The largest absolute Gasteiger partial charge is 0.368 e. The van der Waals surface area contributed by atoms with E-state index in [0.717, 1.165) is 19.0 Å². The summed E-state index contributed by atoms with van der Waals surface area (Å²) in [5.74, 6) is 0. The van der Waals surface area contributed by atoms with E-state index in [1.165, 1.54) is 55.5 Å². The summed E-state index contributed by atoms with van der Waals surface area (Å²) in [5, 5.41) is 0. The van der Waals surface area contributed by atoms with Crippen molar-refractivity contribution >= 4 is 5.69 Å². The molecule has 0 aromatic heterocycles. The van der Waals surface area contributed by atoms with Crippen LogP contribution in [-0.4, -0.2) is 19.1 Å². The van der Waals surface area contributed by atoms with Gasteiger partial charge in [0.15, 0.2) is 0 Å². The fourth-order valence-corrected chi connectivity index (χ4v) is 3.28. The van der Waals surface area contributed by atoms with E-state index >= 15 is 0 Å². The van der Waals surface area contributed by atoms with Gasteiger partial charge in [-0.05, 0) is 56.3 Å². The Morgan fingerprint density at radius 1 is 1.26 bits per heavy atom. The predicted octanol–water partition coefficient (Wildman–Crippen LogP) is 3.66. The van der Waals surface area contributed by atoms with Gasteiger partial charge in [-0.3, -0.25) is 0 Å². The zero-order valence-corrected chi connectivity index (χ0v) is 12.5. The van der Waals surface area contributed by atoms with E-state index in [0.29, 0.717) is 0 Å². The molecule has 1 unspecified atom stereocenters. The molecule has 1 atom stereocenters. The average molecular weight is 260 g/mol. The fraction of sp³-hybridized carbons (Fsp3) is 0.647. The maximum atomic E-state index is 5.65. The molecule has 0 radical (unpaired) electrons. The maximum absolute atomic E-state index is 5.65. The summed E-state index contributed by atoms with van der Waals surface area (Å²) in [4.78, 5) is 2.65. The first-order valence-corrected chi connectivity index (χ1v) is 7.82. The molecule has 1 heterocycles. The minimum absolute atomic E-state index is 0.724. The van der Waals surface area contributed by atoms with Gasteiger partial charge in [-0.2, -0.15) is 0 Å². The van der Waals surface area contributed by atoms with Crippen molar-refractivity contribution < 1.29 is 0 Å². The maximum Gasteiger partial charge on any atom is 0.0398 e. The van der Waals surface area contributed by atoms with Crippen LogP contribution in [0, 0.1) is 6.92 Å². The Labute approximate surface area is 118 Å². The van der Waals surface area contributed by atoms with E-state index in [1.54, 1.807) is 0 Å². The summed E-state index contributed by atoms with van der Waals surface area (Å²) in [6.07, 6.45) is 7.69. The molecular formula is C17H28N2. The molecule has 19 heavy (non-hydrogen) atoms. The molecule has 0 saturated carbocycles. The van der Waals surface area contributed by atoms with Crippen LogP contribution in [-0.2, 0) is 6.42 Å². The van der Waals surface area contributed by atoms with E-state index in [-0.39, 0.29) is 0 Å². The summed E-state index contributed by atoms with van der Waals surface area (Å²) in [7, 11) is 0. The first-order valence-electron chi connectivity index (χ1n) is 7.82. The lowest BCUT2D eigenvalue weighted by Crippen LogP contribution is -2.34. The highest BCUT2D eigenvalue weighted by Gasteiger charge is 2.20. The van der Waals surface area contributed by atoms with Crippen LogP contribution in [0.25, 0.3) is 0 Å². The molecule has 0 aliphatic carbocycles. The molecule has 0 spiro atoms. The third-order valence-corrected chi connectivity index (χ3v) is 4.35. The van der Waals surface area contributed by atoms with Gasteiger partial charge in [-0.15, -0.1) is 0 Å². The number of nitrogens with zero attached hydrogens (tertiary/aromatic N) is 1. The van der Waals surface area contributed by atoms with Gasteiger partial charge < -0.3 is 10.6 Å². The molecule has 1 aromatic rings. The molecule has 0 amide bonds. The predicted molar refractivity (Wildman–Crippen MR) is 83.8 cm³/mol. The second-order valence-corrected chi connectivity index (χ2v) is 5.76. The molecule has 2 nitrogen and oxygen atoms in total. The molecule has 2 heteroatoms. The summed E-state index contributed by atoms with van der Waals surface area (Å²) < 4.78 is 0. The highest BCUT2D eigenvalue weighted by Crippen LogP contribution is 2.29. The number of anilines is 1. The Bertz CT molecular complexity index is 400. The second-order valence-electron chi connectivity index (χ2n) is 5.76. The lowest BCUT2D eigenvalue weighted by atomic mass is 10.0. The van der Waals surface area contributed by atoms with Gasteiger partial charge in [0.25, 0.3) is 0 Å². The average Bonchev–Trinajstić information content (AvgIpc) is 2.64. The second kappa shape index (κ2) is 6.95. The SMILES string of the molecule is CCC1CCCCCN1c1ccc(CCN)cc1C. The van der Waals surface area contributed by atoms with Gasteiger partial charge in [-0.25, -0.2) is 0 Å². The van der Waals surface area contributed by atoms with Crippen molar-refractivity contribution in [2.45, 2.75) is 58.4 Å². The van der Waals surface area contributed by atoms with Crippen molar-refractivity contribution in [1.29, 1.82) is 0 Å². The van der Waals surface area contributed by atoms with Crippen LogP contribution in [0.3, 0.4) is 0 Å². The van der Waals surface area contributed by atoms with Crippen LogP contribution >= 0.6 is 0 Å². The van der Waals surface area contributed by atoms with Crippen molar-refractivity contribution in [3.05, 3.63) is 29.3 Å².